The molecule has 6 nitrogen and oxygen atoms in total. The molecule has 0 aliphatic rings. The van der Waals surface area contributed by atoms with Crippen LogP contribution in [0.5, 0.6) is 5.75 Å². The number of benzene rings is 1. The highest BCUT2D eigenvalue weighted by atomic mass is 16.5. The second-order valence-corrected chi connectivity index (χ2v) is 3.97. The lowest BCUT2D eigenvalue weighted by Gasteiger charge is -2.10. The Bertz CT molecular complexity index is 446. The summed E-state index contributed by atoms with van der Waals surface area (Å²) >= 11 is 0. The number of hydrogen-bond acceptors (Lipinski definition) is 5. The Balaban J connectivity index is 2.33. The van der Waals surface area contributed by atoms with Crippen LogP contribution >= 0.6 is 0 Å². The van der Waals surface area contributed by atoms with Crippen molar-refractivity contribution in [3.63, 3.8) is 0 Å². The first-order chi connectivity index (χ1) is 9.04. The van der Waals surface area contributed by atoms with E-state index in [4.69, 9.17) is 0 Å². The molecule has 0 saturated carbocycles. The van der Waals surface area contributed by atoms with Gasteiger partial charge in [0.05, 0.1) is 13.7 Å². The molecule has 1 aromatic carbocycles. The molecule has 1 aromatic rings. The average molecular weight is 267 g/mol. The zero-order chi connectivity index (χ0) is 14.3. The van der Waals surface area contributed by atoms with Crippen molar-refractivity contribution >= 4 is 11.9 Å². The predicted molar refractivity (Wildman–Crippen MR) is 67.5 cm³/mol. The molecule has 0 bridgehead atoms. The number of phenolic OH excluding ortho intramolecular Hbond substituents is 1. The zero-order valence-corrected chi connectivity index (χ0v) is 10.6. The molecule has 0 aliphatic heterocycles. The van der Waals surface area contributed by atoms with Gasteiger partial charge in [-0.15, -0.1) is 0 Å². The van der Waals surface area contributed by atoms with Crippen molar-refractivity contribution in [3.05, 3.63) is 29.8 Å². The van der Waals surface area contributed by atoms with Crippen molar-refractivity contribution < 1.29 is 24.5 Å². The third-order valence-electron chi connectivity index (χ3n) is 2.58. The second-order valence-electron chi connectivity index (χ2n) is 3.97. The molecule has 0 spiro atoms. The molecule has 0 heterocycles. The molecule has 0 aromatic heterocycles. The number of hydrogen-bond donors (Lipinski definition) is 3. The zero-order valence-electron chi connectivity index (χ0n) is 10.6. The first-order valence-corrected chi connectivity index (χ1v) is 5.84. The number of para-hydroxylation sites is 1. The summed E-state index contributed by atoms with van der Waals surface area (Å²) in [6.07, 6.45) is -0.822. The molecule has 1 amide bonds. The Kier molecular flexibility index (Phi) is 5.81. The lowest BCUT2D eigenvalue weighted by atomic mass is 10.1. The molecule has 1 unspecified atom stereocenters. The highest BCUT2D eigenvalue weighted by molar-refractivity contribution is 5.78. The van der Waals surface area contributed by atoms with E-state index in [1.807, 2.05) is 0 Å². The Morgan fingerprint density at radius 1 is 1.37 bits per heavy atom. The van der Waals surface area contributed by atoms with Crippen LogP contribution in [0.3, 0.4) is 0 Å². The number of esters is 1. The fourth-order valence-electron chi connectivity index (χ4n) is 1.49. The summed E-state index contributed by atoms with van der Waals surface area (Å²) in [7, 11) is 1.16. The van der Waals surface area contributed by atoms with Crippen LogP contribution in [0.25, 0.3) is 0 Å². The summed E-state index contributed by atoms with van der Waals surface area (Å²) in [5, 5.41) is 21.2. The van der Waals surface area contributed by atoms with Gasteiger partial charge in [0.25, 0.3) is 0 Å². The van der Waals surface area contributed by atoms with Gasteiger partial charge in [-0.1, -0.05) is 18.2 Å². The monoisotopic (exact) mass is 267 g/mol. The maximum atomic E-state index is 11.5. The first-order valence-electron chi connectivity index (χ1n) is 5.84. The lowest BCUT2D eigenvalue weighted by Crippen LogP contribution is -2.37. The number of methoxy groups -OCH3 is 1. The van der Waals surface area contributed by atoms with E-state index >= 15 is 0 Å². The van der Waals surface area contributed by atoms with E-state index in [2.05, 4.69) is 10.1 Å². The van der Waals surface area contributed by atoms with E-state index in [0.717, 1.165) is 7.11 Å². The highest BCUT2D eigenvalue weighted by Gasteiger charge is 2.16. The molecule has 1 atom stereocenters. The smallest absolute Gasteiger partial charge is 0.336 e. The molecule has 0 saturated heterocycles. The summed E-state index contributed by atoms with van der Waals surface area (Å²) in [5.74, 6) is -0.961. The van der Waals surface area contributed by atoms with Crippen LogP contribution in [0, 0.1) is 0 Å². The molecule has 1 rings (SSSR count). The Labute approximate surface area is 111 Å². The molecule has 19 heavy (non-hydrogen) atoms. The number of aromatic hydroxyl groups is 1. The SMILES string of the molecule is COC(=O)C(O)CNC(=O)CCc1ccccc1O. The van der Waals surface area contributed by atoms with Gasteiger partial charge in [-0.3, -0.25) is 4.79 Å². The second kappa shape index (κ2) is 7.38. The van der Waals surface area contributed by atoms with E-state index in [0.29, 0.717) is 12.0 Å². The predicted octanol–water partition coefficient (Wildman–Crippen LogP) is -0.0251. The molecule has 0 radical (unpaired) electrons. The van der Waals surface area contributed by atoms with Gasteiger partial charge >= 0.3 is 5.97 Å². The van der Waals surface area contributed by atoms with Gasteiger partial charge in [0.2, 0.25) is 5.91 Å². The lowest BCUT2D eigenvalue weighted by molar-refractivity contribution is -0.150. The number of amides is 1. The molecule has 3 N–H and O–H groups in total. The molecule has 0 aliphatic carbocycles. The summed E-state index contributed by atoms with van der Waals surface area (Å²) in [5.41, 5.74) is 0.672. The van der Waals surface area contributed by atoms with Crippen molar-refractivity contribution in [1.29, 1.82) is 0 Å². The Morgan fingerprint density at radius 2 is 2.05 bits per heavy atom. The van der Waals surface area contributed by atoms with Gasteiger partial charge in [0.1, 0.15) is 5.75 Å². The fraction of sp³-hybridized carbons (Fsp3) is 0.385. The van der Waals surface area contributed by atoms with Gasteiger partial charge in [0.15, 0.2) is 6.10 Å². The van der Waals surface area contributed by atoms with E-state index < -0.39 is 12.1 Å². The first kappa shape index (κ1) is 15.0. The third kappa shape index (κ3) is 4.97. The number of aliphatic hydroxyl groups excluding tert-OH is 1. The van der Waals surface area contributed by atoms with Gasteiger partial charge in [-0.05, 0) is 18.1 Å². The number of carbonyl (C=O) groups excluding carboxylic acids is 2. The quantitative estimate of drug-likeness (QED) is 0.629. The fourth-order valence-corrected chi connectivity index (χ4v) is 1.49. The van der Waals surface area contributed by atoms with E-state index in [9.17, 15) is 19.8 Å². The van der Waals surface area contributed by atoms with Crippen molar-refractivity contribution in [1.82, 2.24) is 5.32 Å². The minimum atomic E-state index is -1.36. The third-order valence-corrected chi connectivity index (χ3v) is 2.58. The van der Waals surface area contributed by atoms with Crippen molar-refractivity contribution in [2.75, 3.05) is 13.7 Å². The minimum Gasteiger partial charge on any atom is -0.508 e. The van der Waals surface area contributed by atoms with Crippen LogP contribution in [0.4, 0.5) is 0 Å². The average Bonchev–Trinajstić information content (AvgIpc) is 2.42. The van der Waals surface area contributed by atoms with E-state index in [1.165, 1.54) is 0 Å². The van der Waals surface area contributed by atoms with E-state index in [1.54, 1.807) is 24.3 Å². The summed E-state index contributed by atoms with van der Waals surface area (Å²) in [6.45, 7) is -0.188. The summed E-state index contributed by atoms with van der Waals surface area (Å²) < 4.78 is 4.32. The van der Waals surface area contributed by atoms with Crippen LogP contribution in [-0.4, -0.2) is 41.8 Å². The number of aryl methyl sites for hydroxylation is 1. The largest absolute Gasteiger partial charge is 0.508 e. The number of ether oxygens (including phenoxy) is 1. The maximum absolute atomic E-state index is 11.5. The van der Waals surface area contributed by atoms with Crippen LogP contribution in [0.1, 0.15) is 12.0 Å². The minimum absolute atomic E-state index is 0.143. The van der Waals surface area contributed by atoms with Crippen molar-refractivity contribution in [2.24, 2.45) is 0 Å². The topological polar surface area (TPSA) is 95.9 Å². The standard InChI is InChI=1S/C13H17NO5/c1-19-13(18)11(16)8-14-12(17)7-6-9-4-2-3-5-10(9)15/h2-5,11,15-16H,6-8H2,1H3,(H,14,17). The Hall–Kier alpha value is -2.08. The van der Waals surface area contributed by atoms with Crippen molar-refractivity contribution in [3.8, 4) is 5.75 Å². The van der Waals surface area contributed by atoms with Crippen LogP contribution in [0.2, 0.25) is 0 Å². The maximum Gasteiger partial charge on any atom is 0.336 e. The molecular formula is C13H17NO5. The van der Waals surface area contributed by atoms with Gasteiger partial charge < -0.3 is 20.3 Å². The molecule has 0 fully saturated rings. The van der Waals surface area contributed by atoms with Crippen LogP contribution in [0.15, 0.2) is 24.3 Å². The van der Waals surface area contributed by atoms with Crippen LogP contribution in [-0.2, 0) is 20.7 Å². The van der Waals surface area contributed by atoms with Crippen molar-refractivity contribution in [2.45, 2.75) is 18.9 Å². The summed E-state index contributed by atoms with van der Waals surface area (Å²) in [4.78, 5) is 22.4. The Morgan fingerprint density at radius 3 is 2.68 bits per heavy atom. The normalized spacial score (nSPS) is 11.7. The number of phenols is 1. The van der Waals surface area contributed by atoms with Crippen LogP contribution < -0.4 is 5.32 Å². The van der Waals surface area contributed by atoms with Gasteiger partial charge in [-0.2, -0.15) is 0 Å². The van der Waals surface area contributed by atoms with E-state index in [-0.39, 0.29) is 24.6 Å². The number of carbonyl (C=O) groups is 2. The van der Waals surface area contributed by atoms with Gasteiger partial charge in [-0.25, -0.2) is 4.79 Å². The number of nitrogens with one attached hydrogen (secondary N) is 1. The molecular weight excluding hydrogens is 250 g/mol. The highest BCUT2D eigenvalue weighted by Crippen LogP contribution is 2.16. The number of aliphatic hydroxyl groups is 1. The molecule has 6 heteroatoms. The number of rotatable bonds is 6. The molecule has 104 valence electrons. The van der Waals surface area contributed by atoms with Gasteiger partial charge in [0, 0.05) is 6.42 Å². The summed E-state index contributed by atoms with van der Waals surface area (Å²) in [6, 6.07) is 6.75.